The summed E-state index contributed by atoms with van der Waals surface area (Å²) in [6, 6.07) is 8.20. The smallest absolute Gasteiger partial charge is 0.120 e. The Morgan fingerprint density at radius 1 is 1.22 bits per heavy atom. The third-order valence-corrected chi connectivity index (χ3v) is 3.29. The molecule has 18 heavy (non-hydrogen) atoms. The highest BCUT2D eigenvalue weighted by Crippen LogP contribution is 2.29. The van der Waals surface area contributed by atoms with Crippen LogP contribution in [0.25, 0.3) is 21.8 Å². The van der Waals surface area contributed by atoms with Gasteiger partial charge in [0.25, 0.3) is 0 Å². The van der Waals surface area contributed by atoms with E-state index in [4.69, 9.17) is 4.74 Å². The number of benzene rings is 1. The van der Waals surface area contributed by atoms with Crippen LogP contribution in [0, 0.1) is 0 Å². The van der Waals surface area contributed by atoms with Crippen molar-refractivity contribution in [2.75, 3.05) is 7.11 Å². The maximum atomic E-state index is 5.26. The molecule has 0 saturated heterocycles. The van der Waals surface area contributed by atoms with Crippen molar-refractivity contribution >= 4 is 21.8 Å². The first-order chi connectivity index (χ1) is 8.83. The van der Waals surface area contributed by atoms with Gasteiger partial charge in [0.15, 0.2) is 0 Å². The Balaban J connectivity index is 2.31. The topological polar surface area (TPSA) is 37.9 Å². The standard InChI is InChI=1S/C15H16N2O/c1-3-4-13-15-12(7-8-16-13)11-6-5-10(18-2)9-14(11)17-15/h5-9,17H,3-4H2,1-2H3. The molecule has 0 unspecified atom stereocenters. The normalized spacial score (nSPS) is 11.2. The summed E-state index contributed by atoms with van der Waals surface area (Å²) >= 11 is 0. The molecule has 3 rings (SSSR count). The molecule has 0 aliphatic rings. The van der Waals surface area contributed by atoms with Crippen LogP contribution >= 0.6 is 0 Å². The molecule has 0 radical (unpaired) electrons. The average Bonchev–Trinajstić information content (AvgIpc) is 2.78. The number of hydrogen-bond donors (Lipinski definition) is 1. The Bertz CT molecular complexity index is 700. The highest BCUT2D eigenvalue weighted by atomic mass is 16.5. The van der Waals surface area contributed by atoms with E-state index in [1.54, 1.807) is 7.11 Å². The largest absolute Gasteiger partial charge is 0.497 e. The molecular weight excluding hydrogens is 224 g/mol. The highest BCUT2D eigenvalue weighted by molar-refractivity contribution is 6.08. The fourth-order valence-corrected chi connectivity index (χ4v) is 2.42. The van der Waals surface area contributed by atoms with Gasteiger partial charge in [-0.1, -0.05) is 13.3 Å². The second-order valence-corrected chi connectivity index (χ2v) is 4.47. The first-order valence-corrected chi connectivity index (χ1v) is 6.26. The number of methoxy groups -OCH3 is 1. The van der Waals surface area contributed by atoms with Crippen molar-refractivity contribution in [3.8, 4) is 5.75 Å². The van der Waals surface area contributed by atoms with E-state index in [1.165, 1.54) is 10.8 Å². The number of aromatic amines is 1. The number of ether oxygens (including phenoxy) is 1. The first-order valence-electron chi connectivity index (χ1n) is 6.26. The number of nitrogens with zero attached hydrogens (tertiary/aromatic N) is 1. The van der Waals surface area contributed by atoms with E-state index >= 15 is 0 Å². The van der Waals surface area contributed by atoms with Crippen LogP contribution in [-0.2, 0) is 6.42 Å². The fourth-order valence-electron chi connectivity index (χ4n) is 2.42. The van der Waals surface area contributed by atoms with E-state index in [1.807, 2.05) is 18.3 Å². The number of hydrogen-bond acceptors (Lipinski definition) is 2. The van der Waals surface area contributed by atoms with Crippen LogP contribution in [0.4, 0.5) is 0 Å². The summed E-state index contributed by atoms with van der Waals surface area (Å²) in [7, 11) is 1.69. The number of aromatic nitrogens is 2. The molecule has 0 bridgehead atoms. The van der Waals surface area contributed by atoms with Gasteiger partial charge in [-0.05, 0) is 24.6 Å². The summed E-state index contributed by atoms with van der Waals surface area (Å²) in [6.07, 6.45) is 4.00. The zero-order valence-corrected chi connectivity index (χ0v) is 10.7. The van der Waals surface area contributed by atoms with E-state index < -0.39 is 0 Å². The van der Waals surface area contributed by atoms with Crippen molar-refractivity contribution in [3.05, 3.63) is 36.2 Å². The van der Waals surface area contributed by atoms with Gasteiger partial charge in [0, 0.05) is 23.0 Å². The summed E-state index contributed by atoms with van der Waals surface area (Å²) in [5, 5.41) is 2.47. The lowest BCUT2D eigenvalue weighted by Crippen LogP contribution is -1.89. The number of H-pyrrole nitrogens is 1. The zero-order valence-electron chi connectivity index (χ0n) is 10.7. The molecule has 92 valence electrons. The van der Waals surface area contributed by atoms with Gasteiger partial charge in [0.05, 0.1) is 23.8 Å². The molecule has 1 N–H and O–H groups in total. The van der Waals surface area contributed by atoms with Crippen molar-refractivity contribution in [3.63, 3.8) is 0 Å². The highest BCUT2D eigenvalue weighted by Gasteiger charge is 2.09. The maximum Gasteiger partial charge on any atom is 0.120 e. The van der Waals surface area contributed by atoms with Crippen LogP contribution < -0.4 is 4.74 Å². The first kappa shape index (κ1) is 11.1. The second kappa shape index (κ2) is 4.33. The predicted octanol–water partition coefficient (Wildman–Crippen LogP) is 3.68. The molecule has 0 saturated carbocycles. The third-order valence-electron chi connectivity index (χ3n) is 3.29. The van der Waals surface area contributed by atoms with Crippen LogP contribution in [0.1, 0.15) is 19.0 Å². The van der Waals surface area contributed by atoms with Gasteiger partial charge in [-0.25, -0.2) is 0 Å². The summed E-state index contributed by atoms with van der Waals surface area (Å²) in [4.78, 5) is 7.94. The summed E-state index contributed by atoms with van der Waals surface area (Å²) in [6.45, 7) is 2.17. The monoisotopic (exact) mass is 240 g/mol. The van der Waals surface area contributed by atoms with Gasteiger partial charge in [0.2, 0.25) is 0 Å². The molecule has 0 aliphatic carbocycles. The van der Waals surface area contributed by atoms with Gasteiger partial charge in [-0.3, -0.25) is 4.98 Å². The van der Waals surface area contributed by atoms with Gasteiger partial charge >= 0.3 is 0 Å². The molecule has 3 aromatic rings. The van der Waals surface area contributed by atoms with Crippen molar-refractivity contribution in [2.24, 2.45) is 0 Å². The van der Waals surface area contributed by atoms with E-state index in [0.29, 0.717) is 0 Å². The minimum absolute atomic E-state index is 0.874. The molecule has 1 aromatic carbocycles. The number of aryl methyl sites for hydroxylation is 1. The van der Waals surface area contributed by atoms with Gasteiger partial charge in [-0.2, -0.15) is 0 Å². The quantitative estimate of drug-likeness (QED) is 0.758. The summed E-state index contributed by atoms with van der Waals surface area (Å²) in [5.74, 6) is 0.874. The number of pyridine rings is 1. The molecule has 0 amide bonds. The minimum Gasteiger partial charge on any atom is -0.497 e. The van der Waals surface area contributed by atoms with Crippen molar-refractivity contribution in [2.45, 2.75) is 19.8 Å². The molecule has 0 atom stereocenters. The zero-order chi connectivity index (χ0) is 12.5. The maximum absolute atomic E-state index is 5.26. The third kappa shape index (κ3) is 1.63. The second-order valence-electron chi connectivity index (χ2n) is 4.47. The summed E-state index contributed by atoms with van der Waals surface area (Å²) in [5.41, 5.74) is 3.41. The van der Waals surface area contributed by atoms with Crippen molar-refractivity contribution in [1.29, 1.82) is 0 Å². The molecule has 0 fully saturated rings. The predicted molar refractivity (Wildman–Crippen MR) is 74.1 cm³/mol. The molecular formula is C15H16N2O. The van der Waals surface area contributed by atoms with Crippen molar-refractivity contribution in [1.82, 2.24) is 9.97 Å². The number of nitrogens with one attached hydrogen (secondary N) is 1. The molecule has 2 heterocycles. The number of fused-ring (bicyclic) bond motifs is 3. The lowest BCUT2D eigenvalue weighted by Gasteiger charge is -1.99. The van der Waals surface area contributed by atoms with Crippen LogP contribution in [0.2, 0.25) is 0 Å². The van der Waals surface area contributed by atoms with Gasteiger partial charge < -0.3 is 9.72 Å². The van der Waals surface area contributed by atoms with Crippen LogP contribution in [0.5, 0.6) is 5.75 Å². The molecule has 0 aliphatic heterocycles. The Morgan fingerprint density at radius 2 is 2.11 bits per heavy atom. The Labute approximate surface area is 106 Å². The van der Waals surface area contributed by atoms with Crippen LogP contribution in [0.15, 0.2) is 30.5 Å². The van der Waals surface area contributed by atoms with E-state index in [0.717, 1.165) is 35.3 Å². The van der Waals surface area contributed by atoms with Gasteiger partial charge in [0.1, 0.15) is 5.75 Å². The minimum atomic E-state index is 0.874. The van der Waals surface area contributed by atoms with Crippen molar-refractivity contribution < 1.29 is 4.74 Å². The number of rotatable bonds is 3. The molecule has 3 nitrogen and oxygen atoms in total. The van der Waals surface area contributed by atoms with Crippen LogP contribution in [0.3, 0.4) is 0 Å². The van der Waals surface area contributed by atoms with Crippen LogP contribution in [-0.4, -0.2) is 17.1 Å². The lowest BCUT2D eigenvalue weighted by atomic mass is 10.1. The van der Waals surface area contributed by atoms with E-state index in [2.05, 4.69) is 29.0 Å². The SMILES string of the molecule is CCCc1nccc2c1[nH]c1cc(OC)ccc12. The Hall–Kier alpha value is -2.03. The Morgan fingerprint density at radius 3 is 2.89 bits per heavy atom. The molecule has 2 aromatic heterocycles. The average molecular weight is 240 g/mol. The summed E-state index contributed by atoms with van der Waals surface area (Å²) < 4.78 is 5.26. The van der Waals surface area contributed by atoms with Gasteiger partial charge in [-0.15, -0.1) is 0 Å². The molecule has 0 spiro atoms. The van der Waals surface area contributed by atoms with E-state index in [-0.39, 0.29) is 0 Å². The Kier molecular flexibility index (Phi) is 2.67. The fraction of sp³-hybridized carbons (Fsp3) is 0.267. The lowest BCUT2D eigenvalue weighted by molar-refractivity contribution is 0.415. The molecule has 3 heteroatoms. The van der Waals surface area contributed by atoms with E-state index in [9.17, 15) is 0 Å².